The molecule has 3 amide bonds. The van der Waals surface area contributed by atoms with Crippen molar-refractivity contribution in [3.63, 3.8) is 0 Å². The van der Waals surface area contributed by atoms with Crippen LogP contribution in [-0.4, -0.2) is 48.7 Å². The van der Waals surface area contributed by atoms with Crippen molar-refractivity contribution < 1.29 is 14.1 Å². The monoisotopic (exact) mass is 344 g/mol. The number of carbonyl (C=O) groups is 2. The Morgan fingerprint density at radius 1 is 1.28 bits per heavy atom. The lowest BCUT2D eigenvalue weighted by Gasteiger charge is -2.23. The summed E-state index contributed by atoms with van der Waals surface area (Å²) in [4.78, 5) is 25.0. The predicted octanol–water partition coefficient (Wildman–Crippen LogP) is 2.05. The first kappa shape index (κ1) is 18.7. The number of aromatic nitrogens is 1. The SMILES string of the molecule is CNC(=O)NC(=O)[C@@H](C)N(C)CCCc1cc(-c2ccccc2)no1. The average molecular weight is 344 g/mol. The lowest BCUT2D eigenvalue weighted by atomic mass is 10.1. The fourth-order valence-corrected chi connectivity index (χ4v) is 2.35. The molecule has 7 nitrogen and oxygen atoms in total. The summed E-state index contributed by atoms with van der Waals surface area (Å²) in [6.07, 6.45) is 1.55. The number of hydrogen-bond acceptors (Lipinski definition) is 5. The average Bonchev–Trinajstić information content (AvgIpc) is 3.10. The molecule has 2 aromatic rings. The summed E-state index contributed by atoms with van der Waals surface area (Å²) < 4.78 is 5.38. The highest BCUT2D eigenvalue weighted by molar-refractivity contribution is 5.96. The quantitative estimate of drug-likeness (QED) is 0.803. The van der Waals surface area contributed by atoms with Crippen LogP contribution in [0.15, 0.2) is 40.9 Å². The van der Waals surface area contributed by atoms with Crippen LogP contribution < -0.4 is 10.6 Å². The Morgan fingerprint density at radius 3 is 2.68 bits per heavy atom. The van der Waals surface area contributed by atoms with Crippen LogP contribution in [0.1, 0.15) is 19.1 Å². The Kier molecular flexibility index (Phi) is 6.71. The van der Waals surface area contributed by atoms with Gasteiger partial charge in [-0.15, -0.1) is 0 Å². The summed E-state index contributed by atoms with van der Waals surface area (Å²) in [7, 11) is 3.32. The Labute approximate surface area is 147 Å². The van der Waals surface area contributed by atoms with Crippen LogP contribution in [0.2, 0.25) is 0 Å². The van der Waals surface area contributed by atoms with E-state index in [1.165, 1.54) is 7.05 Å². The molecule has 0 radical (unpaired) electrons. The lowest BCUT2D eigenvalue weighted by Crippen LogP contribution is -2.48. The second-order valence-corrected chi connectivity index (χ2v) is 5.87. The molecule has 0 aliphatic carbocycles. The number of aryl methyl sites for hydroxylation is 1. The van der Waals surface area contributed by atoms with E-state index in [1.54, 1.807) is 6.92 Å². The van der Waals surface area contributed by atoms with Gasteiger partial charge in [0.1, 0.15) is 11.5 Å². The number of carbonyl (C=O) groups excluding carboxylic acids is 2. The standard InChI is InChI=1S/C18H24N4O3/c1-13(17(23)20-18(24)19-2)22(3)11-7-10-15-12-16(21-25-15)14-8-5-4-6-9-14/h4-6,8-9,12-13H,7,10-11H2,1-3H3,(H2,19,20,23,24)/t13-/m1/s1. The van der Waals surface area contributed by atoms with Crippen molar-refractivity contribution >= 4 is 11.9 Å². The van der Waals surface area contributed by atoms with E-state index in [9.17, 15) is 9.59 Å². The predicted molar refractivity (Wildman–Crippen MR) is 95.0 cm³/mol. The van der Waals surface area contributed by atoms with Crippen LogP contribution in [0.3, 0.4) is 0 Å². The molecule has 2 rings (SSSR count). The van der Waals surface area contributed by atoms with E-state index >= 15 is 0 Å². The van der Waals surface area contributed by atoms with E-state index in [-0.39, 0.29) is 5.91 Å². The molecule has 0 aliphatic heterocycles. The number of imide groups is 1. The molecule has 1 aromatic heterocycles. The largest absolute Gasteiger partial charge is 0.361 e. The molecular formula is C18H24N4O3. The van der Waals surface area contributed by atoms with Gasteiger partial charge in [0.05, 0.1) is 6.04 Å². The molecule has 0 unspecified atom stereocenters. The van der Waals surface area contributed by atoms with Crippen LogP contribution in [0.4, 0.5) is 4.79 Å². The molecule has 0 spiro atoms. The molecule has 134 valence electrons. The first-order chi connectivity index (χ1) is 12.0. The zero-order valence-corrected chi connectivity index (χ0v) is 14.8. The van der Waals surface area contributed by atoms with E-state index in [1.807, 2.05) is 48.3 Å². The molecule has 1 atom stereocenters. The maximum absolute atomic E-state index is 11.9. The Balaban J connectivity index is 1.79. The van der Waals surface area contributed by atoms with E-state index in [2.05, 4.69) is 15.8 Å². The number of hydrogen-bond donors (Lipinski definition) is 2. The minimum Gasteiger partial charge on any atom is -0.361 e. The highest BCUT2D eigenvalue weighted by Gasteiger charge is 2.19. The number of rotatable bonds is 7. The number of nitrogens with zero attached hydrogens (tertiary/aromatic N) is 2. The highest BCUT2D eigenvalue weighted by Crippen LogP contribution is 2.19. The zero-order valence-electron chi connectivity index (χ0n) is 14.8. The summed E-state index contributed by atoms with van der Waals surface area (Å²) in [6.45, 7) is 2.46. The highest BCUT2D eigenvalue weighted by atomic mass is 16.5. The summed E-state index contributed by atoms with van der Waals surface area (Å²) in [5.74, 6) is 0.489. The number of urea groups is 1. The first-order valence-electron chi connectivity index (χ1n) is 8.25. The Hall–Kier alpha value is -2.67. The summed E-state index contributed by atoms with van der Waals surface area (Å²) in [6, 6.07) is 10.9. The van der Waals surface area contributed by atoms with Crippen molar-refractivity contribution in [1.82, 2.24) is 20.7 Å². The third-order valence-electron chi connectivity index (χ3n) is 4.07. The number of nitrogens with one attached hydrogen (secondary N) is 2. The smallest absolute Gasteiger partial charge is 0.321 e. The van der Waals surface area contributed by atoms with Crippen LogP contribution in [0.5, 0.6) is 0 Å². The fraction of sp³-hybridized carbons (Fsp3) is 0.389. The van der Waals surface area contributed by atoms with Gasteiger partial charge in [-0.25, -0.2) is 4.79 Å². The summed E-state index contributed by atoms with van der Waals surface area (Å²) in [5, 5.41) is 8.73. The second kappa shape index (κ2) is 8.98. The minimum absolute atomic E-state index is 0.326. The number of benzene rings is 1. The molecule has 0 saturated carbocycles. The van der Waals surface area contributed by atoms with Crippen LogP contribution >= 0.6 is 0 Å². The van der Waals surface area contributed by atoms with Crippen molar-refractivity contribution in [3.8, 4) is 11.3 Å². The van der Waals surface area contributed by atoms with E-state index in [0.29, 0.717) is 6.54 Å². The van der Waals surface area contributed by atoms with Crippen molar-refractivity contribution in [3.05, 3.63) is 42.2 Å². The van der Waals surface area contributed by atoms with Gasteiger partial charge in [0.2, 0.25) is 5.91 Å². The lowest BCUT2D eigenvalue weighted by molar-refractivity contribution is -0.124. The molecule has 2 N–H and O–H groups in total. The van der Waals surface area contributed by atoms with Gasteiger partial charge in [-0.3, -0.25) is 15.0 Å². The van der Waals surface area contributed by atoms with E-state index < -0.39 is 12.1 Å². The zero-order chi connectivity index (χ0) is 18.2. The Bertz CT molecular complexity index is 699. The van der Waals surface area contributed by atoms with E-state index in [0.717, 1.165) is 29.9 Å². The second-order valence-electron chi connectivity index (χ2n) is 5.87. The van der Waals surface area contributed by atoms with Crippen molar-refractivity contribution in [2.75, 3.05) is 20.6 Å². The van der Waals surface area contributed by atoms with Gasteiger partial charge in [-0.2, -0.15) is 0 Å². The van der Waals surface area contributed by atoms with Gasteiger partial charge in [0, 0.05) is 25.1 Å². The van der Waals surface area contributed by atoms with Crippen LogP contribution in [-0.2, 0) is 11.2 Å². The van der Waals surface area contributed by atoms with Gasteiger partial charge in [0.15, 0.2) is 0 Å². The van der Waals surface area contributed by atoms with Crippen molar-refractivity contribution in [2.24, 2.45) is 0 Å². The molecule has 7 heteroatoms. The molecule has 25 heavy (non-hydrogen) atoms. The van der Waals surface area contributed by atoms with Gasteiger partial charge in [0.25, 0.3) is 0 Å². The first-order valence-corrected chi connectivity index (χ1v) is 8.25. The number of amides is 3. The molecule has 0 aliphatic rings. The van der Waals surface area contributed by atoms with Gasteiger partial charge in [-0.05, 0) is 26.9 Å². The summed E-state index contributed by atoms with van der Waals surface area (Å²) in [5.41, 5.74) is 1.84. The molecular weight excluding hydrogens is 320 g/mol. The maximum Gasteiger partial charge on any atom is 0.321 e. The van der Waals surface area contributed by atoms with E-state index in [4.69, 9.17) is 4.52 Å². The molecule has 1 aromatic carbocycles. The number of likely N-dealkylation sites (N-methyl/N-ethyl adjacent to an activating group) is 1. The van der Waals surface area contributed by atoms with Crippen LogP contribution in [0.25, 0.3) is 11.3 Å². The van der Waals surface area contributed by atoms with Crippen molar-refractivity contribution in [2.45, 2.75) is 25.8 Å². The molecule has 0 fully saturated rings. The minimum atomic E-state index is -0.500. The summed E-state index contributed by atoms with van der Waals surface area (Å²) >= 11 is 0. The van der Waals surface area contributed by atoms with Gasteiger partial charge < -0.3 is 9.84 Å². The van der Waals surface area contributed by atoms with Crippen LogP contribution in [0, 0.1) is 0 Å². The fourth-order valence-electron chi connectivity index (χ4n) is 2.35. The molecule has 1 heterocycles. The third-order valence-corrected chi connectivity index (χ3v) is 4.07. The third kappa shape index (κ3) is 5.42. The topological polar surface area (TPSA) is 87.5 Å². The van der Waals surface area contributed by atoms with Gasteiger partial charge >= 0.3 is 6.03 Å². The Morgan fingerprint density at radius 2 is 2.00 bits per heavy atom. The van der Waals surface area contributed by atoms with Gasteiger partial charge in [-0.1, -0.05) is 35.5 Å². The molecule has 0 saturated heterocycles. The normalized spacial score (nSPS) is 12.0. The molecule has 0 bridgehead atoms. The maximum atomic E-state index is 11.9. The van der Waals surface area contributed by atoms with Crippen molar-refractivity contribution in [1.29, 1.82) is 0 Å².